The molecule has 0 aromatic carbocycles. The Hall–Kier alpha value is -1.85. The van der Waals surface area contributed by atoms with E-state index < -0.39 is 11.9 Å². The number of carbonyl (C=O) groups is 2. The summed E-state index contributed by atoms with van der Waals surface area (Å²) < 4.78 is 1.87. The Morgan fingerprint density at radius 3 is 2.74 bits per heavy atom. The Morgan fingerprint density at radius 1 is 1.43 bits per heavy atom. The minimum Gasteiger partial charge on any atom is -0.481 e. The van der Waals surface area contributed by atoms with Gasteiger partial charge < -0.3 is 10.0 Å². The van der Waals surface area contributed by atoms with E-state index in [4.69, 9.17) is 0 Å². The molecule has 6 heteroatoms. The molecule has 1 fully saturated rings. The van der Waals surface area contributed by atoms with E-state index in [0.29, 0.717) is 24.4 Å². The SMILES string of the molecule is Cc1c(C(=O)N2CCC[C@H](C(=O)O)[C@@H]2C)cnn1CCC(C)C. The number of aryl methyl sites for hydroxylation is 1. The Kier molecular flexibility index (Phi) is 5.44. The van der Waals surface area contributed by atoms with Gasteiger partial charge in [-0.15, -0.1) is 0 Å². The third kappa shape index (κ3) is 3.74. The summed E-state index contributed by atoms with van der Waals surface area (Å²) in [5, 5.41) is 13.6. The maximum atomic E-state index is 12.8. The molecule has 1 saturated heterocycles. The van der Waals surface area contributed by atoms with Crippen LogP contribution in [0, 0.1) is 18.8 Å². The highest BCUT2D eigenvalue weighted by molar-refractivity contribution is 5.95. The number of aromatic nitrogens is 2. The largest absolute Gasteiger partial charge is 0.481 e. The summed E-state index contributed by atoms with van der Waals surface area (Å²) in [6, 6.07) is -0.285. The quantitative estimate of drug-likeness (QED) is 0.904. The zero-order valence-electron chi connectivity index (χ0n) is 14.5. The molecule has 0 bridgehead atoms. The summed E-state index contributed by atoms with van der Waals surface area (Å²) >= 11 is 0. The zero-order chi connectivity index (χ0) is 17.1. The number of nitrogens with zero attached hydrogens (tertiary/aromatic N) is 3. The van der Waals surface area contributed by atoms with E-state index in [1.54, 1.807) is 11.1 Å². The number of carboxylic acid groups (broad SMARTS) is 1. The van der Waals surface area contributed by atoms with Crippen molar-refractivity contribution >= 4 is 11.9 Å². The first-order valence-electron chi connectivity index (χ1n) is 8.39. The monoisotopic (exact) mass is 321 g/mol. The number of carbonyl (C=O) groups excluding carboxylic acids is 1. The fourth-order valence-electron chi connectivity index (χ4n) is 3.18. The second kappa shape index (κ2) is 7.15. The van der Waals surface area contributed by atoms with Crippen molar-refractivity contribution < 1.29 is 14.7 Å². The van der Waals surface area contributed by atoms with Gasteiger partial charge in [0.1, 0.15) is 0 Å². The van der Waals surface area contributed by atoms with Crippen LogP contribution in [-0.4, -0.2) is 44.3 Å². The van der Waals surface area contributed by atoms with Crippen LogP contribution in [0.15, 0.2) is 6.20 Å². The molecule has 0 spiro atoms. The molecule has 1 aromatic rings. The fourth-order valence-corrected chi connectivity index (χ4v) is 3.18. The summed E-state index contributed by atoms with van der Waals surface area (Å²) in [4.78, 5) is 25.9. The van der Waals surface area contributed by atoms with Gasteiger partial charge in [-0.05, 0) is 39.0 Å². The molecular formula is C17H27N3O3. The van der Waals surface area contributed by atoms with Gasteiger partial charge in [-0.2, -0.15) is 5.10 Å². The highest BCUT2D eigenvalue weighted by Gasteiger charge is 2.36. The molecule has 1 aromatic heterocycles. The van der Waals surface area contributed by atoms with Gasteiger partial charge in [0.15, 0.2) is 0 Å². The van der Waals surface area contributed by atoms with Crippen molar-refractivity contribution in [3.63, 3.8) is 0 Å². The van der Waals surface area contributed by atoms with Crippen molar-refractivity contribution in [2.75, 3.05) is 6.54 Å². The number of hydrogen-bond donors (Lipinski definition) is 1. The number of piperidine rings is 1. The summed E-state index contributed by atoms with van der Waals surface area (Å²) in [5.74, 6) is -0.823. The van der Waals surface area contributed by atoms with Crippen LogP contribution in [0.25, 0.3) is 0 Å². The van der Waals surface area contributed by atoms with E-state index in [2.05, 4.69) is 18.9 Å². The van der Waals surface area contributed by atoms with Gasteiger partial charge in [-0.1, -0.05) is 13.8 Å². The van der Waals surface area contributed by atoms with Crippen molar-refractivity contribution in [3.05, 3.63) is 17.5 Å². The van der Waals surface area contributed by atoms with Crippen molar-refractivity contribution in [1.82, 2.24) is 14.7 Å². The predicted octanol–water partition coefficient (Wildman–Crippen LogP) is 2.56. The summed E-state index contributed by atoms with van der Waals surface area (Å²) in [7, 11) is 0. The molecule has 1 aliphatic heterocycles. The van der Waals surface area contributed by atoms with Gasteiger partial charge in [0.05, 0.1) is 17.7 Å². The number of carboxylic acids is 1. The molecular weight excluding hydrogens is 294 g/mol. The van der Waals surface area contributed by atoms with Crippen LogP contribution in [0.4, 0.5) is 0 Å². The van der Waals surface area contributed by atoms with Gasteiger partial charge in [-0.3, -0.25) is 14.3 Å². The van der Waals surface area contributed by atoms with Crippen LogP contribution in [0.5, 0.6) is 0 Å². The molecule has 0 aliphatic carbocycles. The molecule has 0 radical (unpaired) electrons. The van der Waals surface area contributed by atoms with Crippen molar-refractivity contribution in [1.29, 1.82) is 0 Å². The van der Waals surface area contributed by atoms with Crippen LogP contribution < -0.4 is 0 Å². The fraction of sp³-hybridized carbons (Fsp3) is 0.706. The average molecular weight is 321 g/mol. The molecule has 0 saturated carbocycles. The van der Waals surface area contributed by atoms with Crippen LogP contribution in [0.2, 0.25) is 0 Å². The van der Waals surface area contributed by atoms with Crippen LogP contribution in [0.3, 0.4) is 0 Å². The molecule has 128 valence electrons. The van der Waals surface area contributed by atoms with Crippen LogP contribution in [0.1, 0.15) is 56.1 Å². The van der Waals surface area contributed by atoms with Gasteiger partial charge in [0, 0.05) is 24.8 Å². The summed E-state index contributed by atoms with van der Waals surface area (Å²) in [6.07, 6.45) is 3.99. The minimum absolute atomic E-state index is 0.100. The minimum atomic E-state index is -0.820. The summed E-state index contributed by atoms with van der Waals surface area (Å²) in [5.41, 5.74) is 1.45. The first-order valence-corrected chi connectivity index (χ1v) is 8.39. The Morgan fingerprint density at radius 2 is 2.13 bits per heavy atom. The number of aliphatic carboxylic acids is 1. The third-order valence-corrected chi connectivity index (χ3v) is 4.82. The van der Waals surface area contributed by atoms with Crippen LogP contribution >= 0.6 is 0 Å². The number of hydrogen-bond acceptors (Lipinski definition) is 3. The van der Waals surface area contributed by atoms with Gasteiger partial charge >= 0.3 is 5.97 Å². The van der Waals surface area contributed by atoms with Gasteiger partial charge in [-0.25, -0.2) is 0 Å². The van der Waals surface area contributed by atoms with E-state index in [-0.39, 0.29) is 11.9 Å². The number of likely N-dealkylation sites (tertiary alicyclic amines) is 1. The standard InChI is InChI=1S/C17H27N3O3/c1-11(2)7-9-20-13(4)15(10-18-20)16(21)19-8-5-6-14(12(19)3)17(22)23/h10-12,14H,5-9H2,1-4H3,(H,22,23)/t12-,14-/m0/s1. The molecule has 2 heterocycles. The highest BCUT2D eigenvalue weighted by Crippen LogP contribution is 2.26. The highest BCUT2D eigenvalue weighted by atomic mass is 16.4. The van der Waals surface area contributed by atoms with Crippen molar-refractivity contribution in [2.24, 2.45) is 11.8 Å². The number of rotatable bonds is 5. The second-order valence-electron chi connectivity index (χ2n) is 6.88. The average Bonchev–Trinajstić information content (AvgIpc) is 2.85. The Labute approximate surface area is 137 Å². The first-order chi connectivity index (χ1) is 10.8. The molecule has 0 unspecified atom stereocenters. The molecule has 1 amide bonds. The Balaban J connectivity index is 2.15. The van der Waals surface area contributed by atoms with Crippen LogP contribution in [-0.2, 0) is 11.3 Å². The molecule has 2 atom stereocenters. The lowest BCUT2D eigenvalue weighted by Gasteiger charge is -2.37. The van der Waals surface area contributed by atoms with Gasteiger partial charge in [0.2, 0.25) is 0 Å². The zero-order valence-corrected chi connectivity index (χ0v) is 14.5. The second-order valence-corrected chi connectivity index (χ2v) is 6.88. The molecule has 23 heavy (non-hydrogen) atoms. The number of amides is 1. The van der Waals surface area contributed by atoms with E-state index in [1.165, 1.54) is 0 Å². The molecule has 1 aliphatic rings. The lowest BCUT2D eigenvalue weighted by molar-refractivity contribution is -0.144. The van der Waals surface area contributed by atoms with E-state index in [0.717, 1.165) is 25.1 Å². The topological polar surface area (TPSA) is 75.4 Å². The molecule has 2 rings (SSSR count). The third-order valence-electron chi connectivity index (χ3n) is 4.82. The van der Waals surface area contributed by atoms with Crippen molar-refractivity contribution in [3.8, 4) is 0 Å². The first kappa shape index (κ1) is 17.5. The maximum absolute atomic E-state index is 12.8. The van der Waals surface area contributed by atoms with E-state index in [1.807, 2.05) is 18.5 Å². The smallest absolute Gasteiger partial charge is 0.308 e. The molecule has 1 N–H and O–H groups in total. The van der Waals surface area contributed by atoms with E-state index in [9.17, 15) is 14.7 Å². The van der Waals surface area contributed by atoms with Crippen molar-refractivity contribution in [2.45, 2.75) is 59.5 Å². The van der Waals surface area contributed by atoms with Gasteiger partial charge in [0.25, 0.3) is 5.91 Å². The van der Waals surface area contributed by atoms with E-state index >= 15 is 0 Å². The predicted molar refractivity (Wildman–Crippen MR) is 87.3 cm³/mol. The Bertz CT molecular complexity index is 580. The maximum Gasteiger partial charge on any atom is 0.308 e. The molecule has 6 nitrogen and oxygen atoms in total. The summed E-state index contributed by atoms with van der Waals surface area (Å²) in [6.45, 7) is 9.46. The lowest BCUT2D eigenvalue weighted by atomic mass is 9.90. The normalized spacial score (nSPS) is 21.7. The lowest BCUT2D eigenvalue weighted by Crippen LogP contribution is -2.49.